The first-order chi connectivity index (χ1) is 15.7. The van der Waals surface area contributed by atoms with Gasteiger partial charge in [-0.2, -0.15) is 5.26 Å². The average molecular weight is 462 g/mol. The third-order valence-corrected chi connectivity index (χ3v) is 8.22. The van der Waals surface area contributed by atoms with Crippen molar-refractivity contribution in [2.75, 3.05) is 19.3 Å². The minimum atomic E-state index is -0.942. The lowest BCUT2D eigenvalue weighted by Crippen LogP contribution is -2.41. The summed E-state index contributed by atoms with van der Waals surface area (Å²) in [5, 5.41) is 10.2. The lowest BCUT2D eigenvalue weighted by atomic mass is 9.71. The van der Waals surface area contributed by atoms with E-state index in [0.717, 1.165) is 59.4 Å². The maximum Gasteiger partial charge on any atom is 0.195 e. The first-order valence-electron chi connectivity index (χ1n) is 11.2. The van der Waals surface area contributed by atoms with Crippen LogP contribution in [0.2, 0.25) is 0 Å². The van der Waals surface area contributed by atoms with Crippen molar-refractivity contribution in [3.8, 4) is 11.8 Å². The highest BCUT2D eigenvalue weighted by Gasteiger charge is 2.41. The molecule has 2 aromatic carbocycles. The molecule has 0 saturated carbocycles. The number of rotatable bonds is 3. The molecule has 1 aliphatic heterocycles. The molecule has 0 spiro atoms. The van der Waals surface area contributed by atoms with Gasteiger partial charge in [-0.3, -0.25) is 4.79 Å². The van der Waals surface area contributed by atoms with Crippen molar-refractivity contribution < 1.29 is 14.1 Å². The van der Waals surface area contributed by atoms with Gasteiger partial charge in [0.25, 0.3) is 0 Å². The first kappa shape index (κ1) is 22.0. The van der Waals surface area contributed by atoms with Gasteiger partial charge < -0.3 is 13.9 Å². The predicted octanol–water partition coefficient (Wildman–Crippen LogP) is 4.06. The van der Waals surface area contributed by atoms with Crippen LogP contribution in [0.15, 0.2) is 36.4 Å². The summed E-state index contributed by atoms with van der Waals surface area (Å²) in [7, 11) is 1.97. The number of aromatic nitrogens is 1. The smallest absolute Gasteiger partial charge is 0.195 e. The molecule has 1 saturated heterocycles. The van der Waals surface area contributed by atoms with Crippen LogP contribution < -0.4 is 4.74 Å². The van der Waals surface area contributed by atoms with Crippen molar-refractivity contribution in [3.63, 3.8) is 0 Å². The molecule has 2 heterocycles. The summed E-state index contributed by atoms with van der Waals surface area (Å²) >= 11 is -0.942. The lowest BCUT2D eigenvalue weighted by Gasteiger charge is -2.34. The van der Waals surface area contributed by atoms with Gasteiger partial charge in [0, 0.05) is 66.4 Å². The fourth-order valence-corrected chi connectivity index (χ4v) is 6.17. The molecule has 1 unspecified atom stereocenters. The van der Waals surface area contributed by atoms with Crippen molar-refractivity contribution in [1.82, 2.24) is 8.87 Å². The number of hydrogen-bond acceptors (Lipinski definition) is 5. The number of nitrogens with zero attached hydrogens (tertiary/aromatic N) is 3. The summed E-state index contributed by atoms with van der Waals surface area (Å²) in [5.41, 5.74) is 4.40. The average Bonchev–Trinajstić information content (AvgIpc) is 3.11. The Morgan fingerprint density at radius 3 is 2.58 bits per heavy atom. The van der Waals surface area contributed by atoms with Crippen LogP contribution in [-0.4, -0.2) is 44.7 Å². The number of carbonyl (C=O) groups is 1. The minimum Gasteiger partial charge on any atom is -0.598 e. The van der Waals surface area contributed by atoms with Crippen LogP contribution in [0.3, 0.4) is 0 Å². The number of hydrogen-bond donors (Lipinski definition) is 0. The topological polar surface area (TPSA) is 81.3 Å². The fourth-order valence-electron chi connectivity index (χ4n) is 5.44. The fraction of sp³-hybridized carbons (Fsp3) is 0.385. The molecule has 33 heavy (non-hydrogen) atoms. The summed E-state index contributed by atoms with van der Waals surface area (Å²) in [5.74, 6) is 0.777. The van der Waals surface area contributed by atoms with Gasteiger partial charge in [0.1, 0.15) is 18.1 Å². The monoisotopic (exact) mass is 461 g/mol. The van der Waals surface area contributed by atoms with Crippen LogP contribution in [-0.2, 0) is 23.8 Å². The van der Waals surface area contributed by atoms with Gasteiger partial charge in [-0.05, 0) is 35.9 Å². The molecule has 1 atom stereocenters. The van der Waals surface area contributed by atoms with Gasteiger partial charge >= 0.3 is 0 Å². The molecule has 7 heteroatoms. The van der Waals surface area contributed by atoms with Gasteiger partial charge in [-0.15, -0.1) is 4.31 Å². The van der Waals surface area contributed by atoms with E-state index in [1.165, 1.54) is 0 Å². The van der Waals surface area contributed by atoms with Gasteiger partial charge in [0.15, 0.2) is 5.78 Å². The molecule has 1 fully saturated rings. The summed E-state index contributed by atoms with van der Waals surface area (Å²) in [6, 6.07) is 13.5. The number of piperidine rings is 1. The third kappa shape index (κ3) is 3.45. The van der Waals surface area contributed by atoms with E-state index in [1.54, 1.807) is 12.3 Å². The minimum absolute atomic E-state index is 0.0138. The Hall–Kier alpha value is -2.79. The molecular formula is C26H27N3O3S. The number of ketones is 1. The van der Waals surface area contributed by atoms with Crippen molar-refractivity contribution in [2.45, 2.75) is 38.2 Å². The molecule has 1 aromatic heterocycles. The zero-order valence-corrected chi connectivity index (χ0v) is 20.2. The second-order valence-electron chi connectivity index (χ2n) is 9.46. The van der Waals surface area contributed by atoms with Gasteiger partial charge in [0.2, 0.25) is 0 Å². The van der Waals surface area contributed by atoms with E-state index in [2.05, 4.69) is 24.5 Å². The Labute approximate surface area is 197 Å². The molecule has 0 bridgehead atoms. The van der Waals surface area contributed by atoms with E-state index in [-0.39, 0.29) is 11.9 Å². The van der Waals surface area contributed by atoms with E-state index in [0.29, 0.717) is 11.1 Å². The van der Waals surface area contributed by atoms with Crippen molar-refractivity contribution in [1.29, 1.82) is 5.26 Å². The molecule has 0 amide bonds. The number of ether oxygens (including phenoxy) is 1. The standard InChI is InChI=1S/C26H27N3O3S/c1-26(2)21-14-18(32-17-9-11-29(12-10-17)33(4)31)6-8-19(21)24(30)23-20-7-5-16(15-27)13-22(20)28(3)25(23)26/h5-8,13-14,17H,9-12H2,1-4H3. The molecule has 1 aliphatic carbocycles. The second kappa shape index (κ2) is 7.91. The zero-order valence-electron chi connectivity index (χ0n) is 19.3. The van der Waals surface area contributed by atoms with Crippen molar-refractivity contribution >= 4 is 28.0 Å². The largest absolute Gasteiger partial charge is 0.598 e. The van der Waals surface area contributed by atoms with E-state index >= 15 is 0 Å². The van der Waals surface area contributed by atoms with Crippen LogP contribution in [0.25, 0.3) is 10.9 Å². The van der Waals surface area contributed by atoms with Crippen LogP contribution in [0.5, 0.6) is 5.75 Å². The summed E-state index contributed by atoms with van der Waals surface area (Å²) in [6.45, 7) is 5.79. The Balaban J connectivity index is 1.52. The van der Waals surface area contributed by atoms with E-state index in [1.807, 2.05) is 41.7 Å². The van der Waals surface area contributed by atoms with Crippen molar-refractivity contribution in [2.24, 2.45) is 7.05 Å². The molecule has 0 N–H and O–H groups in total. The Bertz CT molecular complexity index is 1310. The quantitative estimate of drug-likeness (QED) is 0.550. The summed E-state index contributed by atoms with van der Waals surface area (Å²) in [4.78, 5) is 13.6. The Morgan fingerprint density at radius 1 is 1.18 bits per heavy atom. The maximum atomic E-state index is 13.6. The lowest BCUT2D eigenvalue weighted by molar-refractivity contribution is 0.103. The highest BCUT2D eigenvalue weighted by atomic mass is 32.2. The van der Waals surface area contributed by atoms with Crippen molar-refractivity contribution in [3.05, 3.63) is 64.3 Å². The van der Waals surface area contributed by atoms with Crippen LogP contribution in [0, 0.1) is 11.3 Å². The number of fused-ring (bicyclic) bond motifs is 4. The Kier molecular flexibility index (Phi) is 5.28. The van der Waals surface area contributed by atoms with E-state index in [9.17, 15) is 14.6 Å². The molecule has 6 nitrogen and oxygen atoms in total. The molecule has 5 rings (SSSR count). The van der Waals surface area contributed by atoms with E-state index < -0.39 is 16.8 Å². The number of carbonyl (C=O) groups excluding carboxylic acids is 1. The second-order valence-corrected chi connectivity index (χ2v) is 10.8. The highest BCUT2D eigenvalue weighted by molar-refractivity contribution is 7.88. The molecule has 0 radical (unpaired) electrons. The molecule has 2 aliphatic rings. The molecule has 170 valence electrons. The Morgan fingerprint density at radius 2 is 1.91 bits per heavy atom. The SMILES string of the molecule is Cn1c2c(c3ccc(C#N)cc31)C(=O)c1ccc(OC3CCN([S+](C)[O-])CC3)cc1C2(C)C. The third-order valence-electron chi connectivity index (χ3n) is 7.13. The van der Waals surface area contributed by atoms with Gasteiger partial charge in [-0.25, -0.2) is 0 Å². The molecular weight excluding hydrogens is 434 g/mol. The normalized spacial score (nSPS) is 19.1. The zero-order chi connectivity index (χ0) is 23.5. The predicted molar refractivity (Wildman–Crippen MR) is 129 cm³/mol. The number of benzene rings is 2. The number of nitriles is 1. The van der Waals surface area contributed by atoms with Gasteiger partial charge in [0.05, 0.1) is 22.7 Å². The maximum absolute atomic E-state index is 13.6. The van der Waals surface area contributed by atoms with Gasteiger partial charge in [-0.1, -0.05) is 19.9 Å². The summed E-state index contributed by atoms with van der Waals surface area (Å²) < 4.78 is 22.0. The molecule has 3 aromatic rings. The van der Waals surface area contributed by atoms with Crippen LogP contribution in [0.4, 0.5) is 0 Å². The number of aryl methyl sites for hydroxylation is 1. The van der Waals surface area contributed by atoms with Crippen LogP contribution in [0.1, 0.15) is 59.4 Å². The van der Waals surface area contributed by atoms with Crippen LogP contribution >= 0.6 is 0 Å². The summed E-state index contributed by atoms with van der Waals surface area (Å²) in [6.07, 6.45) is 3.44. The van der Waals surface area contributed by atoms with E-state index in [4.69, 9.17) is 4.74 Å². The first-order valence-corrected chi connectivity index (χ1v) is 12.7. The highest BCUT2D eigenvalue weighted by Crippen LogP contribution is 2.46.